The zero-order chi connectivity index (χ0) is 18.8. The summed E-state index contributed by atoms with van der Waals surface area (Å²) in [6.45, 7) is 4.07. The van der Waals surface area contributed by atoms with Gasteiger partial charge in [-0.3, -0.25) is 9.59 Å². The van der Waals surface area contributed by atoms with Crippen molar-refractivity contribution in [2.24, 2.45) is 0 Å². The van der Waals surface area contributed by atoms with Gasteiger partial charge in [0.1, 0.15) is 0 Å². The van der Waals surface area contributed by atoms with Crippen molar-refractivity contribution in [3.63, 3.8) is 0 Å². The fraction of sp³-hybridized carbons (Fsp3) is 0.364. The van der Waals surface area contributed by atoms with Crippen molar-refractivity contribution < 1.29 is 9.59 Å². The Bertz CT molecular complexity index is 696. The van der Waals surface area contributed by atoms with Crippen molar-refractivity contribution in [2.75, 3.05) is 5.32 Å². The van der Waals surface area contributed by atoms with Gasteiger partial charge >= 0.3 is 0 Å². The van der Waals surface area contributed by atoms with E-state index in [4.69, 9.17) is 0 Å². The first-order chi connectivity index (χ1) is 12.6. The van der Waals surface area contributed by atoms with E-state index in [-0.39, 0.29) is 17.9 Å². The number of carbonyl (C=O) groups is 2. The predicted molar refractivity (Wildman–Crippen MR) is 106 cm³/mol. The van der Waals surface area contributed by atoms with Crippen molar-refractivity contribution in [1.82, 2.24) is 5.32 Å². The summed E-state index contributed by atoms with van der Waals surface area (Å²) in [4.78, 5) is 24.1. The summed E-state index contributed by atoms with van der Waals surface area (Å²) < 4.78 is 0. The molecule has 0 aromatic heterocycles. The monoisotopic (exact) mass is 352 g/mol. The second kappa shape index (κ2) is 10.4. The molecule has 26 heavy (non-hydrogen) atoms. The van der Waals surface area contributed by atoms with Crippen LogP contribution in [0, 0.1) is 0 Å². The first-order valence-corrected chi connectivity index (χ1v) is 9.33. The van der Waals surface area contributed by atoms with Gasteiger partial charge in [-0.05, 0) is 56.0 Å². The van der Waals surface area contributed by atoms with E-state index < -0.39 is 0 Å². The van der Waals surface area contributed by atoms with Crippen molar-refractivity contribution in [1.29, 1.82) is 0 Å². The Morgan fingerprint density at radius 2 is 1.69 bits per heavy atom. The van der Waals surface area contributed by atoms with E-state index >= 15 is 0 Å². The minimum atomic E-state index is -0.0885. The fourth-order valence-corrected chi connectivity index (χ4v) is 2.67. The zero-order valence-corrected chi connectivity index (χ0v) is 15.6. The maximum absolute atomic E-state index is 12.3. The van der Waals surface area contributed by atoms with Gasteiger partial charge in [0.2, 0.25) is 5.91 Å². The van der Waals surface area contributed by atoms with Crippen molar-refractivity contribution >= 4 is 17.5 Å². The average Bonchev–Trinajstić information content (AvgIpc) is 2.66. The highest BCUT2D eigenvalue weighted by atomic mass is 16.2. The Hall–Kier alpha value is -2.62. The van der Waals surface area contributed by atoms with Crippen LogP contribution < -0.4 is 10.6 Å². The molecule has 0 unspecified atom stereocenters. The lowest BCUT2D eigenvalue weighted by Gasteiger charge is -2.14. The zero-order valence-electron chi connectivity index (χ0n) is 15.6. The molecule has 0 aliphatic carbocycles. The van der Waals surface area contributed by atoms with E-state index in [9.17, 15) is 9.59 Å². The number of unbranched alkanes of at least 4 members (excludes halogenated alkanes) is 1. The van der Waals surface area contributed by atoms with Crippen LogP contribution in [0.5, 0.6) is 0 Å². The van der Waals surface area contributed by atoms with Crippen LogP contribution in [0.4, 0.5) is 5.69 Å². The largest absolute Gasteiger partial charge is 0.350 e. The molecule has 0 spiro atoms. The molecule has 4 heteroatoms. The molecular formula is C22H28N2O2. The van der Waals surface area contributed by atoms with Gasteiger partial charge in [-0.1, -0.05) is 43.7 Å². The summed E-state index contributed by atoms with van der Waals surface area (Å²) in [6, 6.07) is 17.4. The molecule has 138 valence electrons. The second-order valence-corrected chi connectivity index (χ2v) is 6.63. The lowest BCUT2D eigenvalue weighted by Crippen LogP contribution is -2.32. The molecule has 2 amide bonds. The number of amides is 2. The third kappa shape index (κ3) is 6.71. The number of hydrogen-bond acceptors (Lipinski definition) is 2. The highest BCUT2D eigenvalue weighted by Gasteiger charge is 2.10. The Morgan fingerprint density at radius 3 is 2.35 bits per heavy atom. The molecule has 1 atom stereocenters. The molecule has 2 N–H and O–H groups in total. The molecule has 0 saturated heterocycles. The van der Waals surface area contributed by atoms with E-state index in [1.54, 1.807) is 24.3 Å². The fourth-order valence-electron chi connectivity index (χ4n) is 2.67. The molecule has 0 heterocycles. The molecular weight excluding hydrogens is 324 g/mol. The predicted octanol–water partition coefficient (Wildman–Crippen LogP) is 4.57. The van der Waals surface area contributed by atoms with Crippen LogP contribution in [-0.4, -0.2) is 17.9 Å². The third-order valence-corrected chi connectivity index (χ3v) is 4.27. The molecule has 0 radical (unpaired) electrons. The molecule has 2 rings (SSSR count). The topological polar surface area (TPSA) is 58.2 Å². The summed E-state index contributed by atoms with van der Waals surface area (Å²) in [5.41, 5.74) is 2.60. The third-order valence-electron chi connectivity index (χ3n) is 4.27. The molecule has 0 aliphatic heterocycles. The van der Waals surface area contributed by atoms with E-state index in [0.717, 1.165) is 31.4 Å². The van der Waals surface area contributed by atoms with Crippen LogP contribution in [0.3, 0.4) is 0 Å². The Balaban J connectivity index is 1.80. The van der Waals surface area contributed by atoms with Gasteiger partial charge in [0.05, 0.1) is 0 Å². The highest BCUT2D eigenvalue weighted by Crippen LogP contribution is 2.11. The van der Waals surface area contributed by atoms with Gasteiger partial charge in [-0.15, -0.1) is 0 Å². The van der Waals surface area contributed by atoms with Gasteiger partial charge in [0.25, 0.3) is 5.91 Å². The number of anilines is 1. The minimum absolute atomic E-state index is 0.0126. The van der Waals surface area contributed by atoms with Crippen LogP contribution in [0.25, 0.3) is 0 Å². The highest BCUT2D eigenvalue weighted by molar-refractivity contribution is 5.95. The second-order valence-electron chi connectivity index (χ2n) is 6.63. The van der Waals surface area contributed by atoms with Crippen LogP contribution in [0.2, 0.25) is 0 Å². The minimum Gasteiger partial charge on any atom is -0.350 e. The van der Waals surface area contributed by atoms with Gasteiger partial charge < -0.3 is 10.6 Å². The number of hydrogen-bond donors (Lipinski definition) is 2. The maximum atomic E-state index is 12.3. The summed E-state index contributed by atoms with van der Waals surface area (Å²) in [5.74, 6) is -0.0759. The summed E-state index contributed by atoms with van der Waals surface area (Å²) >= 11 is 0. The number of nitrogens with one attached hydrogen (secondary N) is 2. The molecule has 0 bridgehead atoms. The van der Waals surface area contributed by atoms with Crippen LogP contribution >= 0.6 is 0 Å². The van der Waals surface area contributed by atoms with Gasteiger partial charge in [0.15, 0.2) is 0 Å². The van der Waals surface area contributed by atoms with E-state index in [2.05, 4.69) is 29.7 Å². The quantitative estimate of drug-likeness (QED) is 0.695. The maximum Gasteiger partial charge on any atom is 0.251 e. The lowest BCUT2D eigenvalue weighted by molar-refractivity contribution is -0.116. The standard InChI is InChI=1S/C22H28N2O2/c1-3-4-10-21(25)24-20-15-13-19(14-16-20)22(26)23-17(2)11-12-18-8-6-5-7-9-18/h5-9,13-17H,3-4,10-12H2,1-2H3,(H,23,26)(H,24,25)/t17-/m0/s1. The normalized spacial score (nSPS) is 11.6. The smallest absolute Gasteiger partial charge is 0.251 e. The molecule has 2 aromatic rings. The van der Waals surface area contributed by atoms with Gasteiger partial charge in [0, 0.05) is 23.7 Å². The van der Waals surface area contributed by atoms with E-state index in [1.165, 1.54) is 5.56 Å². The van der Waals surface area contributed by atoms with Gasteiger partial charge in [-0.25, -0.2) is 0 Å². The Kier molecular flexibility index (Phi) is 7.87. The van der Waals surface area contributed by atoms with Crippen LogP contribution in [-0.2, 0) is 11.2 Å². The summed E-state index contributed by atoms with van der Waals surface area (Å²) in [6.07, 6.45) is 4.23. The molecule has 4 nitrogen and oxygen atoms in total. The Morgan fingerprint density at radius 1 is 1.00 bits per heavy atom. The molecule has 0 fully saturated rings. The number of carbonyl (C=O) groups excluding carboxylic acids is 2. The first-order valence-electron chi connectivity index (χ1n) is 9.33. The molecule has 0 saturated carbocycles. The van der Waals surface area contributed by atoms with E-state index in [0.29, 0.717) is 12.0 Å². The van der Waals surface area contributed by atoms with Gasteiger partial charge in [-0.2, -0.15) is 0 Å². The SMILES string of the molecule is CCCCC(=O)Nc1ccc(C(=O)N[C@@H](C)CCc2ccccc2)cc1. The van der Waals surface area contributed by atoms with Crippen molar-refractivity contribution in [3.05, 3.63) is 65.7 Å². The summed E-state index contributed by atoms with van der Waals surface area (Å²) in [7, 11) is 0. The van der Waals surface area contributed by atoms with E-state index in [1.807, 2.05) is 25.1 Å². The van der Waals surface area contributed by atoms with Crippen molar-refractivity contribution in [2.45, 2.75) is 52.0 Å². The molecule has 0 aliphatic rings. The van der Waals surface area contributed by atoms with Crippen molar-refractivity contribution in [3.8, 4) is 0 Å². The molecule has 2 aromatic carbocycles. The number of aryl methyl sites for hydroxylation is 1. The number of rotatable bonds is 9. The number of benzene rings is 2. The van der Waals surface area contributed by atoms with Crippen LogP contribution in [0.15, 0.2) is 54.6 Å². The average molecular weight is 352 g/mol. The Labute approximate surface area is 156 Å². The summed E-state index contributed by atoms with van der Waals surface area (Å²) in [5, 5.41) is 5.88. The van der Waals surface area contributed by atoms with Crippen LogP contribution in [0.1, 0.15) is 55.5 Å². The first kappa shape index (κ1) is 19.7. The lowest BCUT2D eigenvalue weighted by atomic mass is 10.1.